The van der Waals surface area contributed by atoms with Crippen LogP contribution in [-0.4, -0.2) is 63.3 Å². The molecule has 0 radical (unpaired) electrons. The maximum absolute atomic E-state index is 5.36. The van der Waals surface area contributed by atoms with Gasteiger partial charge in [0.1, 0.15) is 0 Å². The third-order valence-corrected chi connectivity index (χ3v) is 3.27. The van der Waals surface area contributed by atoms with Gasteiger partial charge in [0, 0.05) is 26.2 Å². The molecule has 2 rings (SSSR count). The Hall–Kier alpha value is -0.120. The zero-order valence-corrected chi connectivity index (χ0v) is 9.46. The number of hydrogen-bond acceptors (Lipinski definition) is 3. The van der Waals surface area contributed by atoms with E-state index in [4.69, 9.17) is 4.74 Å². The number of hydrogen-bond donors (Lipinski definition) is 0. The van der Waals surface area contributed by atoms with Crippen LogP contribution < -0.4 is 0 Å². The van der Waals surface area contributed by atoms with Crippen molar-refractivity contribution in [2.24, 2.45) is 5.41 Å². The molecule has 0 aromatic carbocycles. The van der Waals surface area contributed by atoms with E-state index in [9.17, 15) is 0 Å². The molecule has 1 saturated heterocycles. The summed E-state index contributed by atoms with van der Waals surface area (Å²) in [6.45, 7) is 6.67. The largest absolute Gasteiger partial charge is 0.379 e. The number of rotatable bonds is 4. The van der Waals surface area contributed by atoms with E-state index in [1.165, 1.54) is 25.9 Å². The Morgan fingerprint density at radius 2 is 1.86 bits per heavy atom. The van der Waals surface area contributed by atoms with Gasteiger partial charge >= 0.3 is 0 Å². The smallest absolute Gasteiger partial charge is 0.0594 e. The molecule has 14 heavy (non-hydrogen) atoms. The molecule has 2 fully saturated rings. The Labute approximate surface area is 87.0 Å². The quantitative estimate of drug-likeness (QED) is 0.660. The summed E-state index contributed by atoms with van der Waals surface area (Å²) in [7, 11) is 4.36. The topological polar surface area (TPSA) is 15.7 Å². The van der Waals surface area contributed by atoms with Crippen molar-refractivity contribution in [2.45, 2.75) is 12.8 Å². The average Bonchev–Trinajstić information content (AvgIpc) is 2.85. The van der Waals surface area contributed by atoms with Crippen LogP contribution in [0.5, 0.6) is 0 Å². The van der Waals surface area contributed by atoms with Crippen molar-refractivity contribution in [3.63, 3.8) is 0 Å². The Bertz CT molecular complexity index is 184. The first-order chi connectivity index (χ1) is 6.70. The van der Waals surface area contributed by atoms with Crippen LogP contribution in [0, 0.1) is 5.41 Å². The molecule has 0 amide bonds. The fourth-order valence-electron chi connectivity index (χ4n) is 2.45. The van der Waals surface area contributed by atoms with E-state index in [0.717, 1.165) is 26.3 Å². The molecule has 2 aliphatic rings. The van der Waals surface area contributed by atoms with Gasteiger partial charge in [-0.3, -0.25) is 4.90 Å². The first-order valence-electron chi connectivity index (χ1n) is 5.65. The summed E-state index contributed by atoms with van der Waals surface area (Å²) < 4.78 is 5.36. The lowest BCUT2D eigenvalue weighted by Gasteiger charge is -2.31. The molecule has 0 aromatic heterocycles. The van der Waals surface area contributed by atoms with Crippen LogP contribution in [0.1, 0.15) is 12.8 Å². The van der Waals surface area contributed by atoms with Gasteiger partial charge in [0.25, 0.3) is 0 Å². The first-order valence-corrected chi connectivity index (χ1v) is 5.65. The molecule has 82 valence electrons. The Kier molecular flexibility index (Phi) is 3.10. The van der Waals surface area contributed by atoms with Gasteiger partial charge in [-0.1, -0.05) is 0 Å². The van der Waals surface area contributed by atoms with Gasteiger partial charge in [0.2, 0.25) is 0 Å². The van der Waals surface area contributed by atoms with Crippen molar-refractivity contribution in [3.05, 3.63) is 0 Å². The first kappa shape index (κ1) is 10.4. The van der Waals surface area contributed by atoms with Crippen LogP contribution in [0.15, 0.2) is 0 Å². The molecule has 0 unspecified atom stereocenters. The molecular formula is C11H22N2O. The molecule has 1 aliphatic carbocycles. The van der Waals surface area contributed by atoms with Crippen molar-refractivity contribution in [3.8, 4) is 0 Å². The van der Waals surface area contributed by atoms with E-state index in [2.05, 4.69) is 23.9 Å². The van der Waals surface area contributed by atoms with Crippen LogP contribution in [-0.2, 0) is 4.74 Å². The monoisotopic (exact) mass is 198 g/mol. The normalized spacial score (nSPS) is 26.8. The Balaban J connectivity index is 1.77. The maximum atomic E-state index is 5.36. The number of ether oxygens (including phenoxy) is 1. The number of morpholine rings is 1. The minimum Gasteiger partial charge on any atom is -0.379 e. The van der Waals surface area contributed by atoms with Gasteiger partial charge in [-0.15, -0.1) is 0 Å². The van der Waals surface area contributed by atoms with E-state index in [1.54, 1.807) is 0 Å². The third-order valence-electron chi connectivity index (χ3n) is 3.27. The lowest BCUT2D eigenvalue weighted by molar-refractivity contribution is 0.0261. The van der Waals surface area contributed by atoms with Crippen LogP contribution in [0.2, 0.25) is 0 Å². The summed E-state index contributed by atoms with van der Waals surface area (Å²) in [5, 5.41) is 0. The third kappa shape index (κ3) is 2.69. The molecule has 3 heteroatoms. The second kappa shape index (κ2) is 4.17. The fourth-order valence-corrected chi connectivity index (χ4v) is 2.45. The minimum atomic E-state index is 0.626. The highest BCUT2D eigenvalue weighted by Crippen LogP contribution is 2.46. The van der Waals surface area contributed by atoms with Crippen molar-refractivity contribution in [1.82, 2.24) is 9.80 Å². The van der Waals surface area contributed by atoms with E-state index >= 15 is 0 Å². The molecule has 0 bridgehead atoms. The van der Waals surface area contributed by atoms with Gasteiger partial charge in [-0.25, -0.2) is 0 Å². The molecule has 1 heterocycles. The molecule has 0 atom stereocenters. The molecule has 0 aromatic rings. The van der Waals surface area contributed by atoms with Crippen LogP contribution in [0.4, 0.5) is 0 Å². The summed E-state index contributed by atoms with van der Waals surface area (Å²) in [5.41, 5.74) is 0.626. The van der Waals surface area contributed by atoms with E-state index in [1.807, 2.05) is 0 Å². The van der Waals surface area contributed by atoms with Crippen LogP contribution >= 0.6 is 0 Å². The molecule has 3 nitrogen and oxygen atoms in total. The second-order valence-electron chi connectivity index (χ2n) is 5.13. The molecular weight excluding hydrogens is 176 g/mol. The molecule has 1 saturated carbocycles. The highest BCUT2D eigenvalue weighted by atomic mass is 16.5. The molecule has 0 N–H and O–H groups in total. The van der Waals surface area contributed by atoms with Crippen LogP contribution in [0.3, 0.4) is 0 Å². The summed E-state index contributed by atoms with van der Waals surface area (Å²) >= 11 is 0. The van der Waals surface area contributed by atoms with E-state index < -0.39 is 0 Å². The minimum absolute atomic E-state index is 0.626. The average molecular weight is 198 g/mol. The maximum Gasteiger partial charge on any atom is 0.0594 e. The van der Waals surface area contributed by atoms with Crippen molar-refractivity contribution < 1.29 is 4.74 Å². The SMILES string of the molecule is CN(C)CC1(CN2CCOCC2)CC1. The summed E-state index contributed by atoms with van der Waals surface area (Å²) in [4.78, 5) is 4.90. The van der Waals surface area contributed by atoms with Gasteiger partial charge < -0.3 is 9.64 Å². The summed E-state index contributed by atoms with van der Waals surface area (Å²) in [6.07, 6.45) is 2.84. The predicted octanol–water partition coefficient (Wildman–Crippen LogP) is 0.660. The van der Waals surface area contributed by atoms with E-state index in [0.29, 0.717) is 5.41 Å². The highest BCUT2D eigenvalue weighted by molar-refractivity contribution is 4.97. The summed E-state index contributed by atoms with van der Waals surface area (Å²) in [6, 6.07) is 0. The Morgan fingerprint density at radius 3 is 2.36 bits per heavy atom. The zero-order valence-electron chi connectivity index (χ0n) is 9.46. The lowest BCUT2D eigenvalue weighted by Crippen LogP contribution is -2.42. The Morgan fingerprint density at radius 1 is 1.21 bits per heavy atom. The van der Waals surface area contributed by atoms with E-state index in [-0.39, 0.29) is 0 Å². The van der Waals surface area contributed by atoms with Crippen molar-refractivity contribution >= 4 is 0 Å². The van der Waals surface area contributed by atoms with Gasteiger partial charge in [-0.05, 0) is 32.4 Å². The summed E-state index contributed by atoms with van der Waals surface area (Å²) in [5.74, 6) is 0. The zero-order chi connectivity index (χ0) is 10.0. The number of nitrogens with zero attached hydrogens (tertiary/aromatic N) is 2. The molecule has 1 aliphatic heterocycles. The van der Waals surface area contributed by atoms with Gasteiger partial charge in [0.05, 0.1) is 13.2 Å². The molecule has 0 spiro atoms. The fraction of sp³-hybridized carbons (Fsp3) is 1.00. The predicted molar refractivity (Wildman–Crippen MR) is 57.5 cm³/mol. The van der Waals surface area contributed by atoms with Gasteiger partial charge in [-0.2, -0.15) is 0 Å². The second-order valence-corrected chi connectivity index (χ2v) is 5.13. The lowest BCUT2D eigenvalue weighted by atomic mass is 10.1. The van der Waals surface area contributed by atoms with Crippen LogP contribution in [0.25, 0.3) is 0 Å². The van der Waals surface area contributed by atoms with Gasteiger partial charge in [0.15, 0.2) is 0 Å². The standard InChI is InChI=1S/C11H22N2O/c1-12(2)9-11(3-4-11)10-13-5-7-14-8-6-13/h3-10H2,1-2H3. The highest BCUT2D eigenvalue weighted by Gasteiger charge is 2.44. The van der Waals surface area contributed by atoms with Crippen molar-refractivity contribution in [2.75, 3.05) is 53.5 Å². The van der Waals surface area contributed by atoms with Crippen molar-refractivity contribution in [1.29, 1.82) is 0 Å².